The molecule has 88 valence electrons. The van der Waals surface area contributed by atoms with E-state index in [2.05, 4.69) is 32.9 Å². The molecule has 0 bridgehead atoms. The van der Waals surface area contributed by atoms with Gasteiger partial charge in [-0.25, -0.2) is 0 Å². The summed E-state index contributed by atoms with van der Waals surface area (Å²) in [6.45, 7) is 6.33. The molecule has 1 heteroatoms. The molecule has 0 saturated carbocycles. The van der Waals surface area contributed by atoms with Crippen LogP contribution in [0.25, 0.3) is 0 Å². The summed E-state index contributed by atoms with van der Waals surface area (Å²) in [5, 5.41) is 0. The minimum absolute atomic E-state index is 0.192. The molecule has 0 atom stereocenters. The maximum Gasteiger partial charge on any atom is 0.165 e. The van der Waals surface area contributed by atoms with Crippen LogP contribution >= 0.6 is 0 Å². The Balaban J connectivity index is 2.86. The fourth-order valence-electron chi connectivity index (χ4n) is 2.06. The molecule has 0 aliphatic carbocycles. The van der Waals surface area contributed by atoms with Crippen LogP contribution in [0.3, 0.4) is 0 Å². The zero-order valence-corrected chi connectivity index (χ0v) is 10.6. The molecule has 0 saturated heterocycles. The second-order valence-corrected chi connectivity index (χ2v) is 4.33. The van der Waals surface area contributed by atoms with E-state index >= 15 is 0 Å². The van der Waals surface area contributed by atoms with Crippen molar-refractivity contribution in [3.63, 3.8) is 0 Å². The fourth-order valence-corrected chi connectivity index (χ4v) is 2.06. The van der Waals surface area contributed by atoms with Crippen molar-refractivity contribution >= 4 is 5.78 Å². The van der Waals surface area contributed by atoms with Gasteiger partial charge in [0.25, 0.3) is 0 Å². The molecule has 0 unspecified atom stereocenters. The van der Waals surface area contributed by atoms with Crippen LogP contribution in [-0.4, -0.2) is 5.78 Å². The van der Waals surface area contributed by atoms with E-state index in [9.17, 15) is 4.79 Å². The smallest absolute Gasteiger partial charge is 0.165 e. The Morgan fingerprint density at radius 3 is 2.44 bits per heavy atom. The average molecular weight is 218 g/mol. The average Bonchev–Trinajstić information content (AvgIpc) is 2.31. The van der Waals surface area contributed by atoms with Crippen molar-refractivity contribution < 1.29 is 4.79 Å². The van der Waals surface area contributed by atoms with E-state index < -0.39 is 0 Å². The lowest BCUT2D eigenvalue weighted by Crippen LogP contribution is -2.13. The molecule has 0 aromatic heterocycles. The van der Waals surface area contributed by atoms with Crippen molar-refractivity contribution in [2.75, 3.05) is 0 Å². The van der Waals surface area contributed by atoms with Gasteiger partial charge in [-0.1, -0.05) is 45.4 Å². The summed E-state index contributed by atoms with van der Waals surface area (Å²) in [6.07, 6.45) is 4.06. The van der Waals surface area contributed by atoms with Gasteiger partial charge in [0.2, 0.25) is 0 Å². The number of rotatable bonds is 6. The van der Waals surface area contributed by atoms with Crippen LogP contribution in [0.5, 0.6) is 0 Å². The van der Waals surface area contributed by atoms with Gasteiger partial charge < -0.3 is 0 Å². The second kappa shape index (κ2) is 6.47. The van der Waals surface area contributed by atoms with E-state index in [4.69, 9.17) is 0 Å². The van der Waals surface area contributed by atoms with Gasteiger partial charge in [0.1, 0.15) is 0 Å². The van der Waals surface area contributed by atoms with Crippen molar-refractivity contribution in [3.05, 3.63) is 35.4 Å². The minimum atomic E-state index is 0.192. The van der Waals surface area contributed by atoms with Crippen LogP contribution < -0.4 is 0 Å². The molecule has 0 spiro atoms. The number of Topliss-reactive ketones (excluding diaryl/α,β-unsaturated/α-hetero) is 1. The molecule has 0 aliphatic rings. The Bertz CT molecular complexity index is 337. The van der Waals surface area contributed by atoms with Crippen LogP contribution in [0.15, 0.2) is 24.3 Å². The highest BCUT2D eigenvalue weighted by Gasteiger charge is 2.16. The van der Waals surface area contributed by atoms with Crippen LogP contribution in [0.4, 0.5) is 0 Å². The quantitative estimate of drug-likeness (QED) is 0.652. The number of ketones is 1. The van der Waals surface area contributed by atoms with Crippen molar-refractivity contribution in [1.29, 1.82) is 0 Å². The van der Waals surface area contributed by atoms with Crippen LogP contribution in [-0.2, 0) is 6.42 Å². The summed E-state index contributed by atoms with van der Waals surface area (Å²) in [6, 6.07) is 8.11. The van der Waals surface area contributed by atoms with Gasteiger partial charge in [-0.2, -0.15) is 0 Å². The van der Waals surface area contributed by atoms with Gasteiger partial charge in [-0.05, 0) is 30.9 Å². The number of hydrogen-bond donors (Lipinski definition) is 0. The van der Waals surface area contributed by atoms with E-state index in [1.54, 1.807) is 0 Å². The molecular formula is C15H22O. The van der Waals surface area contributed by atoms with Gasteiger partial charge in [-0.3, -0.25) is 4.79 Å². The Hall–Kier alpha value is -1.11. The lowest BCUT2D eigenvalue weighted by atomic mass is 9.92. The van der Waals surface area contributed by atoms with Gasteiger partial charge in [0.05, 0.1) is 0 Å². The molecular weight excluding hydrogens is 196 g/mol. The summed E-state index contributed by atoms with van der Waals surface area (Å²) in [7, 11) is 0. The highest BCUT2D eigenvalue weighted by molar-refractivity contribution is 5.97. The Morgan fingerprint density at radius 2 is 1.88 bits per heavy atom. The SMILES string of the molecule is CCCc1cccc(C(=O)C(CC)CC)c1. The normalized spacial score (nSPS) is 10.8. The summed E-state index contributed by atoms with van der Waals surface area (Å²) < 4.78 is 0. The molecule has 0 N–H and O–H groups in total. The van der Waals surface area contributed by atoms with Crippen LogP contribution in [0, 0.1) is 5.92 Å². The standard InChI is InChI=1S/C15H22O/c1-4-8-12-9-7-10-14(11-12)15(16)13(5-2)6-3/h7,9-11,13H,4-6,8H2,1-3H3. The van der Waals surface area contributed by atoms with Crippen LogP contribution in [0.2, 0.25) is 0 Å². The maximum atomic E-state index is 12.2. The minimum Gasteiger partial charge on any atom is -0.294 e. The third-order valence-corrected chi connectivity index (χ3v) is 3.11. The van der Waals surface area contributed by atoms with E-state index in [1.165, 1.54) is 5.56 Å². The van der Waals surface area contributed by atoms with E-state index in [0.29, 0.717) is 5.78 Å². The Morgan fingerprint density at radius 1 is 1.19 bits per heavy atom. The second-order valence-electron chi connectivity index (χ2n) is 4.33. The fraction of sp³-hybridized carbons (Fsp3) is 0.533. The predicted octanol–water partition coefficient (Wildman–Crippen LogP) is 4.26. The molecule has 16 heavy (non-hydrogen) atoms. The predicted molar refractivity (Wildman–Crippen MR) is 68.8 cm³/mol. The van der Waals surface area contributed by atoms with Crippen molar-refractivity contribution in [2.45, 2.75) is 46.5 Å². The lowest BCUT2D eigenvalue weighted by Gasteiger charge is -2.11. The number of hydrogen-bond acceptors (Lipinski definition) is 1. The first-order chi connectivity index (χ1) is 7.72. The largest absolute Gasteiger partial charge is 0.294 e. The highest BCUT2D eigenvalue weighted by Crippen LogP contribution is 2.17. The lowest BCUT2D eigenvalue weighted by molar-refractivity contribution is 0.0913. The topological polar surface area (TPSA) is 17.1 Å². The molecule has 0 fully saturated rings. The zero-order valence-electron chi connectivity index (χ0n) is 10.6. The maximum absolute atomic E-state index is 12.2. The van der Waals surface area contributed by atoms with E-state index in [0.717, 1.165) is 31.2 Å². The van der Waals surface area contributed by atoms with Crippen molar-refractivity contribution in [3.8, 4) is 0 Å². The van der Waals surface area contributed by atoms with E-state index in [1.807, 2.05) is 12.1 Å². The van der Waals surface area contributed by atoms with Crippen molar-refractivity contribution in [2.24, 2.45) is 5.92 Å². The van der Waals surface area contributed by atoms with Crippen molar-refractivity contribution in [1.82, 2.24) is 0 Å². The molecule has 0 heterocycles. The number of benzene rings is 1. The third kappa shape index (κ3) is 3.19. The first kappa shape index (κ1) is 13.0. The molecule has 1 aromatic rings. The first-order valence-electron chi connectivity index (χ1n) is 6.36. The monoisotopic (exact) mass is 218 g/mol. The summed E-state index contributed by atoms with van der Waals surface area (Å²) in [5.74, 6) is 0.500. The van der Waals surface area contributed by atoms with Gasteiger partial charge in [0.15, 0.2) is 5.78 Å². The third-order valence-electron chi connectivity index (χ3n) is 3.11. The Labute approximate surface area is 98.9 Å². The highest BCUT2D eigenvalue weighted by atomic mass is 16.1. The van der Waals surface area contributed by atoms with Gasteiger partial charge >= 0.3 is 0 Å². The van der Waals surface area contributed by atoms with Crippen LogP contribution in [0.1, 0.15) is 56.0 Å². The molecule has 1 aromatic carbocycles. The molecule has 0 radical (unpaired) electrons. The number of aryl methyl sites for hydroxylation is 1. The molecule has 0 amide bonds. The Kier molecular flexibility index (Phi) is 5.24. The molecule has 1 rings (SSSR count). The molecule has 1 nitrogen and oxygen atoms in total. The van der Waals surface area contributed by atoms with Gasteiger partial charge in [0, 0.05) is 11.5 Å². The summed E-state index contributed by atoms with van der Waals surface area (Å²) >= 11 is 0. The van der Waals surface area contributed by atoms with Gasteiger partial charge in [-0.15, -0.1) is 0 Å². The number of carbonyl (C=O) groups is 1. The zero-order chi connectivity index (χ0) is 12.0. The number of carbonyl (C=O) groups excluding carboxylic acids is 1. The van der Waals surface area contributed by atoms with E-state index in [-0.39, 0.29) is 5.92 Å². The molecule has 0 aliphatic heterocycles. The summed E-state index contributed by atoms with van der Waals surface area (Å²) in [4.78, 5) is 12.2. The summed E-state index contributed by atoms with van der Waals surface area (Å²) in [5.41, 5.74) is 2.17. The first-order valence-corrected chi connectivity index (χ1v) is 6.36.